The molecule has 17 heavy (non-hydrogen) atoms. The molecule has 0 aliphatic carbocycles. The lowest BCUT2D eigenvalue weighted by atomic mass is 10.2. The van der Waals surface area contributed by atoms with Crippen molar-refractivity contribution in [1.29, 1.82) is 0 Å². The summed E-state index contributed by atoms with van der Waals surface area (Å²) in [5, 5.41) is 1.71. The molecule has 2 rings (SSSR count). The second-order valence-electron chi connectivity index (χ2n) is 3.58. The van der Waals surface area contributed by atoms with Gasteiger partial charge < -0.3 is 4.74 Å². The molecule has 0 spiro atoms. The first-order valence-corrected chi connectivity index (χ1v) is 6.95. The summed E-state index contributed by atoms with van der Waals surface area (Å²) in [6, 6.07) is 5.63. The molecule has 2 nitrogen and oxygen atoms in total. The first-order chi connectivity index (χ1) is 8.19. The molecule has 0 fully saturated rings. The number of aromatic nitrogens is 1. The van der Waals surface area contributed by atoms with Crippen LogP contribution >= 0.6 is 35.6 Å². The lowest BCUT2D eigenvalue weighted by molar-refractivity contribution is 0.305. The maximum Gasteiger partial charge on any atom is 0.140 e. The quantitative estimate of drug-likeness (QED) is 0.854. The summed E-state index contributed by atoms with van der Waals surface area (Å²) in [5.41, 5.74) is 1.01. The number of thiazole rings is 1. The van der Waals surface area contributed by atoms with Crippen molar-refractivity contribution in [3.05, 3.63) is 44.9 Å². The van der Waals surface area contributed by atoms with Gasteiger partial charge in [0.2, 0.25) is 0 Å². The van der Waals surface area contributed by atoms with E-state index in [0.29, 0.717) is 6.61 Å². The molecule has 0 radical (unpaired) electrons. The van der Waals surface area contributed by atoms with Gasteiger partial charge in [0.25, 0.3) is 0 Å². The number of hydrogen-bond donors (Lipinski definition) is 1. The summed E-state index contributed by atoms with van der Waals surface area (Å²) >= 11 is 11.8. The van der Waals surface area contributed by atoms with Crippen molar-refractivity contribution >= 4 is 35.6 Å². The molecule has 1 aromatic carbocycles. The average molecular weight is 286 g/mol. The van der Waals surface area contributed by atoms with Gasteiger partial charge in [-0.3, -0.25) is 0 Å². The lowest BCUT2D eigenvalue weighted by Gasteiger charge is -2.05. The van der Waals surface area contributed by atoms with Crippen LogP contribution in [-0.2, 0) is 12.4 Å². The number of halogens is 1. The van der Waals surface area contributed by atoms with Crippen LogP contribution in [-0.4, -0.2) is 4.98 Å². The molecule has 0 unspecified atom stereocenters. The number of aryl methyl sites for hydroxylation is 1. The van der Waals surface area contributed by atoms with E-state index in [1.165, 1.54) is 0 Å². The van der Waals surface area contributed by atoms with Crippen molar-refractivity contribution in [2.45, 2.75) is 19.3 Å². The Labute approximate surface area is 115 Å². The van der Waals surface area contributed by atoms with E-state index in [-0.39, 0.29) is 0 Å². The van der Waals surface area contributed by atoms with Crippen LogP contribution in [0.15, 0.2) is 24.4 Å². The van der Waals surface area contributed by atoms with Gasteiger partial charge in [-0.05, 0) is 30.7 Å². The summed E-state index contributed by atoms with van der Waals surface area (Å²) in [6.45, 7) is 2.44. The number of ether oxygens (including phenoxy) is 1. The van der Waals surface area contributed by atoms with E-state index in [4.69, 9.17) is 16.3 Å². The highest BCUT2D eigenvalue weighted by molar-refractivity contribution is 7.79. The largest absolute Gasteiger partial charge is 0.486 e. The highest BCUT2D eigenvalue weighted by Crippen LogP contribution is 2.22. The van der Waals surface area contributed by atoms with Crippen molar-refractivity contribution in [3.63, 3.8) is 0 Å². The number of nitrogens with zero attached hydrogens (tertiary/aromatic N) is 1. The van der Waals surface area contributed by atoms with Crippen LogP contribution in [0.4, 0.5) is 0 Å². The number of rotatable bonds is 4. The molecular formula is C12H12ClNOS2. The van der Waals surface area contributed by atoms with Crippen molar-refractivity contribution in [2.24, 2.45) is 0 Å². The van der Waals surface area contributed by atoms with E-state index in [9.17, 15) is 0 Å². The third-order valence-corrected chi connectivity index (χ3v) is 4.20. The smallest absolute Gasteiger partial charge is 0.140 e. The second-order valence-corrected chi connectivity index (χ2v) is 5.50. The van der Waals surface area contributed by atoms with Crippen molar-refractivity contribution < 1.29 is 4.74 Å². The average Bonchev–Trinajstić information content (AvgIpc) is 2.79. The lowest BCUT2D eigenvalue weighted by Crippen LogP contribution is -1.94. The van der Waals surface area contributed by atoms with Gasteiger partial charge in [-0.15, -0.1) is 11.3 Å². The molecule has 1 aromatic heterocycles. The molecule has 0 saturated carbocycles. The SMILES string of the molecule is Cc1cc(OCc2ncc(CS)s2)ccc1Cl. The standard InChI is InChI=1S/C12H12ClNOS2/c1-8-4-9(2-3-11(8)13)15-6-12-14-5-10(7-16)17-12/h2-5,16H,6-7H2,1H3. The second kappa shape index (κ2) is 5.76. The van der Waals surface area contributed by atoms with E-state index in [1.54, 1.807) is 11.3 Å². The topological polar surface area (TPSA) is 22.1 Å². The summed E-state index contributed by atoms with van der Waals surface area (Å²) in [4.78, 5) is 5.41. The van der Waals surface area contributed by atoms with Crippen LogP contribution in [0.3, 0.4) is 0 Å². The first kappa shape index (κ1) is 12.7. The minimum absolute atomic E-state index is 0.486. The summed E-state index contributed by atoms with van der Waals surface area (Å²) in [7, 11) is 0. The van der Waals surface area contributed by atoms with E-state index >= 15 is 0 Å². The Morgan fingerprint density at radius 1 is 1.47 bits per heavy atom. The zero-order valence-electron chi connectivity index (χ0n) is 9.31. The van der Waals surface area contributed by atoms with Gasteiger partial charge in [-0.25, -0.2) is 4.98 Å². The van der Waals surface area contributed by atoms with E-state index in [1.807, 2.05) is 31.3 Å². The normalized spacial score (nSPS) is 10.5. The summed E-state index contributed by atoms with van der Waals surface area (Å²) < 4.78 is 5.65. The predicted molar refractivity (Wildman–Crippen MR) is 75.3 cm³/mol. The third-order valence-electron chi connectivity index (χ3n) is 2.25. The first-order valence-electron chi connectivity index (χ1n) is 5.12. The fraction of sp³-hybridized carbons (Fsp3) is 0.250. The molecule has 2 aromatic rings. The molecule has 0 amide bonds. The monoisotopic (exact) mass is 285 g/mol. The molecule has 0 atom stereocenters. The van der Waals surface area contributed by atoms with Gasteiger partial charge in [-0.2, -0.15) is 12.6 Å². The molecule has 5 heteroatoms. The van der Waals surface area contributed by atoms with Gasteiger partial charge in [-0.1, -0.05) is 11.6 Å². The Kier molecular flexibility index (Phi) is 4.31. The maximum atomic E-state index is 5.95. The van der Waals surface area contributed by atoms with Crippen LogP contribution in [0.1, 0.15) is 15.4 Å². The molecule has 90 valence electrons. The van der Waals surface area contributed by atoms with E-state index < -0.39 is 0 Å². The zero-order chi connectivity index (χ0) is 12.3. The van der Waals surface area contributed by atoms with Crippen molar-refractivity contribution in [3.8, 4) is 5.75 Å². The fourth-order valence-corrected chi connectivity index (χ4v) is 2.43. The Balaban J connectivity index is 1.99. The number of hydrogen-bond acceptors (Lipinski definition) is 4. The molecule has 0 N–H and O–H groups in total. The summed E-state index contributed by atoms with van der Waals surface area (Å²) in [5.74, 6) is 1.53. The molecular weight excluding hydrogens is 274 g/mol. The van der Waals surface area contributed by atoms with Gasteiger partial charge in [0.15, 0.2) is 0 Å². The van der Waals surface area contributed by atoms with Crippen molar-refractivity contribution in [1.82, 2.24) is 4.98 Å². The summed E-state index contributed by atoms with van der Waals surface area (Å²) in [6.07, 6.45) is 1.84. The molecule has 0 aliphatic rings. The molecule has 0 aliphatic heterocycles. The Morgan fingerprint density at radius 3 is 2.94 bits per heavy atom. The van der Waals surface area contributed by atoms with Gasteiger partial charge >= 0.3 is 0 Å². The zero-order valence-corrected chi connectivity index (χ0v) is 11.8. The number of thiol groups is 1. The van der Waals surface area contributed by atoms with Crippen LogP contribution in [0.5, 0.6) is 5.75 Å². The maximum absolute atomic E-state index is 5.95. The number of benzene rings is 1. The Hall–Kier alpha value is -0.710. The third kappa shape index (κ3) is 3.37. The molecule has 1 heterocycles. The Bertz CT molecular complexity index is 513. The van der Waals surface area contributed by atoms with Gasteiger partial charge in [0.1, 0.15) is 17.4 Å². The van der Waals surface area contributed by atoms with E-state index in [2.05, 4.69) is 17.6 Å². The minimum Gasteiger partial charge on any atom is -0.486 e. The van der Waals surface area contributed by atoms with Crippen LogP contribution in [0.25, 0.3) is 0 Å². The minimum atomic E-state index is 0.486. The van der Waals surface area contributed by atoms with E-state index in [0.717, 1.165) is 32.0 Å². The van der Waals surface area contributed by atoms with Gasteiger partial charge in [0.05, 0.1) is 0 Å². The van der Waals surface area contributed by atoms with Crippen LogP contribution in [0.2, 0.25) is 5.02 Å². The highest BCUT2D eigenvalue weighted by atomic mass is 35.5. The van der Waals surface area contributed by atoms with Gasteiger partial charge in [0, 0.05) is 21.8 Å². The Morgan fingerprint density at radius 2 is 2.29 bits per heavy atom. The highest BCUT2D eigenvalue weighted by Gasteiger charge is 2.03. The van der Waals surface area contributed by atoms with Crippen LogP contribution < -0.4 is 4.74 Å². The van der Waals surface area contributed by atoms with Crippen molar-refractivity contribution in [2.75, 3.05) is 0 Å². The predicted octanol–water partition coefficient (Wildman–Crippen LogP) is 4.11. The molecule has 0 saturated heterocycles. The fourth-order valence-electron chi connectivity index (χ4n) is 1.34. The molecule has 0 bridgehead atoms. The van der Waals surface area contributed by atoms with Crippen LogP contribution in [0, 0.1) is 6.92 Å².